The normalized spacial score (nSPS) is 16.5. The first kappa shape index (κ1) is 15.4. The van der Waals surface area contributed by atoms with E-state index in [1.54, 1.807) is 18.2 Å². The van der Waals surface area contributed by atoms with E-state index in [-0.39, 0.29) is 19.7 Å². The molecule has 1 unspecified atom stereocenters. The average Bonchev–Trinajstić information content (AvgIpc) is 2.66. The number of carbonyl (C=O) groups is 1. The lowest BCUT2D eigenvalue weighted by Crippen LogP contribution is -2.44. The van der Waals surface area contributed by atoms with Crippen molar-refractivity contribution >= 4 is 5.91 Å². The number of methoxy groups -OCH3 is 1. The first-order chi connectivity index (χ1) is 9.84. The van der Waals surface area contributed by atoms with Crippen LogP contribution in [-0.2, 0) is 11.3 Å². The quantitative estimate of drug-likeness (QED) is 0.787. The van der Waals surface area contributed by atoms with E-state index in [1.165, 1.54) is 7.11 Å². The molecule has 0 spiro atoms. The van der Waals surface area contributed by atoms with Crippen molar-refractivity contribution in [3.8, 4) is 11.5 Å². The van der Waals surface area contributed by atoms with Gasteiger partial charge < -0.3 is 14.4 Å². The zero-order valence-corrected chi connectivity index (χ0v) is 11.1. The van der Waals surface area contributed by atoms with E-state index in [0.717, 1.165) is 4.90 Å². The van der Waals surface area contributed by atoms with Crippen molar-refractivity contribution in [2.75, 3.05) is 20.3 Å². The lowest BCUT2D eigenvalue weighted by atomic mass is 10.1. The number of alkyl halides is 4. The number of halogens is 4. The Kier molecular flexibility index (Phi) is 4.24. The summed E-state index contributed by atoms with van der Waals surface area (Å²) in [5.41, 5.74) is 0.467. The second kappa shape index (κ2) is 5.79. The van der Waals surface area contributed by atoms with Gasteiger partial charge in [-0.3, -0.25) is 4.79 Å². The van der Waals surface area contributed by atoms with Crippen LogP contribution in [0.2, 0.25) is 0 Å². The highest BCUT2D eigenvalue weighted by atomic mass is 19.4. The maximum Gasteiger partial charge on any atom is 0.428 e. The molecule has 0 bridgehead atoms. The number of hydrogen-bond donors (Lipinski definition) is 0. The van der Waals surface area contributed by atoms with Crippen LogP contribution < -0.4 is 9.47 Å². The molecule has 2 rings (SSSR count). The molecule has 1 amide bonds. The fourth-order valence-electron chi connectivity index (χ4n) is 2.04. The Morgan fingerprint density at radius 1 is 1.43 bits per heavy atom. The summed E-state index contributed by atoms with van der Waals surface area (Å²) < 4.78 is 60.5. The van der Waals surface area contributed by atoms with E-state index in [2.05, 4.69) is 0 Å². The standard InChI is InChI=1S/C13H13F4NO3/c1-20-9-4-2-3-8-7-18(5-6-21-10(8)9)12(19)11(14)13(15,16)17/h2-4,11H,5-7H2,1H3. The van der Waals surface area contributed by atoms with Crippen LogP contribution >= 0.6 is 0 Å². The van der Waals surface area contributed by atoms with Gasteiger partial charge in [0.25, 0.3) is 12.1 Å². The summed E-state index contributed by atoms with van der Waals surface area (Å²) in [6.07, 6.45) is -8.73. The molecule has 4 nitrogen and oxygen atoms in total. The van der Waals surface area contributed by atoms with E-state index in [4.69, 9.17) is 9.47 Å². The van der Waals surface area contributed by atoms with Gasteiger partial charge in [0, 0.05) is 12.1 Å². The van der Waals surface area contributed by atoms with Crippen LogP contribution in [0, 0.1) is 0 Å². The second-order valence-corrected chi connectivity index (χ2v) is 4.46. The van der Waals surface area contributed by atoms with Crippen LogP contribution in [0.4, 0.5) is 17.6 Å². The Labute approximate surface area is 118 Å². The molecule has 0 radical (unpaired) electrons. The predicted octanol–water partition coefficient (Wildman–Crippen LogP) is 2.32. The van der Waals surface area contributed by atoms with E-state index >= 15 is 0 Å². The van der Waals surface area contributed by atoms with Gasteiger partial charge in [0.15, 0.2) is 11.5 Å². The smallest absolute Gasteiger partial charge is 0.428 e. The molecule has 0 aromatic heterocycles. The average molecular weight is 307 g/mol. The molecule has 0 saturated carbocycles. The molecular weight excluding hydrogens is 294 g/mol. The first-order valence-corrected chi connectivity index (χ1v) is 6.13. The van der Waals surface area contributed by atoms with Crippen molar-refractivity contribution in [3.05, 3.63) is 23.8 Å². The van der Waals surface area contributed by atoms with Crippen molar-refractivity contribution in [3.63, 3.8) is 0 Å². The Balaban J connectivity index is 2.23. The summed E-state index contributed by atoms with van der Waals surface area (Å²) in [7, 11) is 1.42. The van der Waals surface area contributed by atoms with Gasteiger partial charge in [-0.2, -0.15) is 13.2 Å². The molecule has 0 aliphatic carbocycles. The summed E-state index contributed by atoms with van der Waals surface area (Å²) in [5, 5.41) is 0. The number of para-hydroxylation sites is 1. The number of nitrogens with zero attached hydrogens (tertiary/aromatic N) is 1. The van der Waals surface area contributed by atoms with Gasteiger partial charge in [-0.15, -0.1) is 0 Å². The molecule has 0 saturated heterocycles. The third-order valence-corrected chi connectivity index (χ3v) is 3.07. The number of benzene rings is 1. The predicted molar refractivity (Wildman–Crippen MR) is 64.9 cm³/mol. The number of carbonyl (C=O) groups excluding carboxylic acids is 1. The Hall–Kier alpha value is -1.99. The van der Waals surface area contributed by atoms with Crippen molar-refractivity contribution in [2.24, 2.45) is 0 Å². The molecule has 1 aromatic rings. The minimum absolute atomic E-state index is 0.0380. The largest absolute Gasteiger partial charge is 0.493 e. The molecule has 21 heavy (non-hydrogen) atoms. The van der Waals surface area contributed by atoms with Crippen LogP contribution in [-0.4, -0.2) is 43.4 Å². The Morgan fingerprint density at radius 3 is 2.76 bits per heavy atom. The summed E-state index contributed by atoms with van der Waals surface area (Å²) in [6.45, 7) is -0.335. The Morgan fingerprint density at radius 2 is 2.14 bits per heavy atom. The van der Waals surface area contributed by atoms with Gasteiger partial charge in [0.2, 0.25) is 0 Å². The maximum atomic E-state index is 13.2. The molecule has 1 aromatic carbocycles. The summed E-state index contributed by atoms with van der Waals surface area (Å²) in [5.74, 6) is -0.839. The van der Waals surface area contributed by atoms with Gasteiger partial charge in [-0.25, -0.2) is 4.39 Å². The Bertz CT molecular complexity index is 533. The van der Waals surface area contributed by atoms with Crippen LogP contribution in [0.1, 0.15) is 5.56 Å². The van der Waals surface area contributed by atoms with E-state index in [0.29, 0.717) is 17.1 Å². The van der Waals surface area contributed by atoms with Gasteiger partial charge in [-0.05, 0) is 6.07 Å². The van der Waals surface area contributed by atoms with Crippen molar-refractivity contribution in [2.45, 2.75) is 18.9 Å². The monoisotopic (exact) mass is 307 g/mol. The number of ether oxygens (including phenoxy) is 2. The molecular formula is C13H13F4NO3. The summed E-state index contributed by atoms with van der Waals surface area (Å²) in [6, 6.07) is 4.83. The van der Waals surface area contributed by atoms with Gasteiger partial charge in [0.05, 0.1) is 13.7 Å². The number of amides is 1. The minimum atomic E-state index is -5.21. The minimum Gasteiger partial charge on any atom is -0.493 e. The van der Waals surface area contributed by atoms with E-state index < -0.39 is 18.3 Å². The molecule has 1 atom stereocenters. The highest BCUT2D eigenvalue weighted by Crippen LogP contribution is 2.34. The van der Waals surface area contributed by atoms with Crippen LogP contribution in [0.5, 0.6) is 11.5 Å². The highest BCUT2D eigenvalue weighted by molar-refractivity contribution is 5.81. The topological polar surface area (TPSA) is 38.8 Å². The number of hydrogen-bond acceptors (Lipinski definition) is 3. The van der Waals surface area contributed by atoms with E-state index in [1.807, 2.05) is 0 Å². The maximum absolute atomic E-state index is 13.2. The van der Waals surface area contributed by atoms with Crippen molar-refractivity contribution in [1.29, 1.82) is 0 Å². The SMILES string of the molecule is COc1cccc2c1OCCN(C(=O)C(F)C(F)(F)F)C2. The van der Waals surface area contributed by atoms with Crippen LogP contribution in [0.25, 0.3) is 0 Å². The first-order valence-electron chi connectivity index (χ1n) is 6.13. The third kappa shape index (κ3) is 3.20. The number of rotatable bonds is 2. The third-order valence-electron chi connectivity index (χ3n) is 3.07. The van der Waals surface area contributed by atoms with Crippen molar-refractivity contribution in [1.82, 2.24) is 4.90 Å². The fraction of sp³-hybridized carbons (Fsp3) is 0.462. The second-order valence-electron chi connectivity index (χ2n) is 4.46. The fourth-order valence-corrected chi connectivity index (χ4v) is 2.04. The van der Waals surface area contributed by atoms with Gasteiger partial charge in [0.1, 0.15) is 6.61 Å². The molecule has 0 N–H and O–H groups in total. The zero-order valence-electron chi connectivity index (χ0n) is 11.1. The molecule has 1 aliphatic heterocycles. The lowest BCUT2D eigenvalue weighted by Gasteiger charge is -2.22. The molecule has 0 fully saturated rings. The highest BCUT2D eigenvalue weighted by Gasteiger charge is 2.47. The summed E-state index contributed by atoms with van der Waals surface area (Å²) >= 11 is 0. The molecule has 116 valence electrons. The molecule has 1 heterocycles. The molecule has 1 aliphatic rings. The summed E-state index contributed by atoms with van der Waals surface area (Å²) in [4.78, 5) is 12.4. The molecule has 8 heteroatoms. The van der Waals surface area contributed by atoms with Gasteiger partial charge in [-0.1, -0.05) is 12.1 Å². The lowest BCUT2D eigenvalue weighted by molar-refractivity contribution is -0.193. The van der Waals surface area contributed by atoms with Crippen LogP contribution in [0.15, 0.2) is 18.2 Å². The zero-order chi connectivity index (χ0) is 15.6. The van der Waals surface area contributed by atoms with E-state index in [9.17, 15) is 22.4 Å². The van der Waals surface area contributed by atoms with Gasteiger partial charge >= 0.3 is 6.18 Å². The van der Waals surface area contributed by atoms with Crippen molar-refractivity contribution < 1.29 is 31.8 Å². The number of fused-ring (bicyclic) bond motifs is 1. The van der Waals surface area contributed by atoms with Crippen LogP contribution in [0.3, 0.4) is 0 Å².